The van der Waals surface area contributed by atoms with Gasteiger partial charge >= 0.3 is 0 Å². The molecule has 3 aromatic rings. The van der Waals surface area contributed by atoms with E-state index in [1.54, 1.807) is 24.3 Å². The third-order valence-electron chi connectivity index (χ3n) is 3.62. The van der Waals surface area contributed by atoms with Gasteiger partial charge in [0.2, 0.25) is 5.91 Å². The summed E-state index contributed by atoms with van der Waals surface area (Å²) in [6, 6.07) is 14.6. The fourth-order valence-corrected chi connectivity index (χ4v) is 3.20. The maximum absolute atomic E-state index is 11.9. The van der Waals surface area contributed by atoms with Crippen LogP contribution in [0.4, 0.5) is 0 Å². The minimum Gasteiger partial charge on any atom is -0.459 e. The molecule has 2 amide bonds. The van der Waals surface area contributed by atoms with Crippen LogP contribution in [0.2, 0.25) is 5.02 Å². The van der Waals surface area contributed by atoms with E-state index >= 15 is 0 Å². The van der Waals surface area contributed by atoms with Gasteiger partial charge < -0.3 is 15.1 Å². The summed E-state index contributed by atoms with van der Waals surface area (Å²) >= 11 is 7.27. The number of rotatable bonds is 6. The molecule has 0 aliphatic carbocycles. The summed E-state index contributed by atoms with van der Waals surface area (Å²) in [6.45, 7) is 2.09. The van der Waals surface area contributed by atoms with Crippen molar-refractivity contribution in [2.45, 2.75) is 13.5 Å². The van der Waals surface area contributed by atoms with E-state index in [2.05, 4.69) is 10.6 Å². The maximum Gasteiger partial charge on any atom is 0.261 e. The molecule has 26 heavy (non-hydrogen) atoms. The number of hydrogen-bond acceptors (Lipinski definition) is 4. The predicted molar refractivity (Wildman–Crippen MR) is 102 cm³/mol. The highest BCUT2D eigenvalue weighted by molar-refractivity contribution is 7.13. The highest BCUT2D eigenvalue weighted by atomic mass is 35.5. The smallest absolute Gasteiger partial charge is 0.261 e. The third kappa shape index (κ3) is 4.74. The van der Waals surface area contributed by atoms with Crippen LogP contribution in [0.25, 0.3) is 11.3 Å². The number of hydrogen-bond donors (Lipinski definition) is 2. The van der Waals surface area contributed by atoms with Crippen molar-refractivity contribution in [3.8, 4) is 11.3 Å². The standard InChI is InChI=1S/C19H17ClN2O3S/c1-12-2-9-17(26-12)19(24)22-11-18(23)21-10-15-7-8-16(25-15)13-3-5-14(20)6-4-13/h2-9H,10-11H2,1H3,(H,21,23)(H,22,24). The number of benzene rings is 1. The van der Waals surface area contributed by atoms with Crippen LogP contribution in [-0.4, -0.2) is 18.4 Å². The topological polar surface area (TPSA) is 71.3 Å². The van der Waals surface area contributed by atoms with Gasteiger partial charge in [0.1, 0.15) is 11.5 Å². The molecule has 0 aliphatic rings. The van der Waals surface area contributed by atoms with E-state index in [9.17, 15) is 9.59 Å². The van der Waals surface area contributed by atoms with Crippen molar-refractivity contribution in [2.24, 2.45) is 0 Å². The minimum absolute atomic E-state index is 0.0828. The molecule has 0 saturated heterocycles. The van der Waals surface area contributed by atoms with Crippen LogP contribution < -0.4 is 10.6 Å². The first-order valence-corrected chi connectivity index (χ1v) is 9.17. The SMILES string of the molecule is Cc1ccc(C(=O)NCC(=O)NCc2ccc(-c3ccc(Cl)cc3)o2)s1. The quantitative estimate of drug-likeness (QED) is 0.670. The molecule has 0 fully saturated rings. The number of nitrogens with one attached hydrogen (secondary N) is 2. The largest absolute Gasteiger partial charge is 0.459 e. The summed E-state index contributed by atoms with van der Waals surface area (Å²) in [7, 11) is 0. The Kier molecular flexibility index (Phi) is 5.75. The second-order valence-electron chi connectivity index (χ2n) is 5.64. The molecular formula is C19H17ClN2O3S. The van der Waals surface area contributed by atoms with Gasteiger partial charge in [-0.3, -0.25) is 9.59 Å². The Balaban J connectivity index is 1.47. The molecule has 0 radical (unpaired) electrons. The average Bonchev–Trinajstić information content (AvgIpc) is 3.27. The molecule has 0 saturated carbocycles. The molecular weight excluding hydrogens is 372 g/mol. The van der Waals surface area contributed by atoms with E-state index < -0.39 is 0 Å². The lowest BCUT2D eigenvalue weighted by Gasteiger charge is -2.05. The van der Waals surface area contributed by atoms with Gasteiger partial charge in [-0.2, -0.15) is 0 Å². The van der Waals surface area contributed by atoms with Crippen LogP contribution in [0.15, 0.2) is 52.9 Å². The van der Waals surface area contributed by atoms with E-state index in [-0.39, 0.29) is 24.9 Å². The van der Waals surface area contributed by atoms with E-state index in [0.29, 0.717) is 21.4 Å². The summed E-state index contributed by atoms with van der Waals surface area (Å²) in [5, 5.41) is 5.98. The maximum atomic E-state index is 11.9. The van der Waals surface area contributed by atoms with Gasteiger partial charge in [0.05, 0.1) is 18.0 Å². The number of carbonyl (C=O) groups excluding carboxylic acids is 2. The molecule has 0 atom stereocenters. The number of carbonyl (C=O) groups is 2. The van der Waals surface area contributed by atoms with Crippen LogP contribution in [0.1, 0.15) is 20.3 Å². The van der Waals surface area contributed by atoms with E-state index in [1.165, 1.54) is 11.3 Å². The third-order valence-corrected chi connectivity index (χ3v) is 4.88. The molecule has 2 heterocycles. The summed E-state index contributed by atoms with van der Waals surface area (Å²) in [5.74, 6) is 0.799. The zero-order valence-electron chi connectivity index (χ0n) is 14.0. The molecule has 7 heteroatoms. The Bertz CT molecular complexity index is 915. The molecule has 0 spiro atoms. The van der Waals surface area contributed by atoms with Gasteiger partial charge in [-0.25, -0.2) is 0 Å². The lowest BCUT2D eigenvalue weighted by molar-refractivity contribution is -0.120. The predicted octanol–water partition coefficient (Wildman–Crippen LogP) is 4.02. The second kappa shape index (κ2) is 8.21. The van der Waals surface area contributed by atoms with Gasteiger partial charge in [0, 0.05) is 15.5 Å². The van der Waals surface area contributed by atoms with Crippen molar-refractivity contribution in [3.63, 3.8) is 0 Å². The van der Waals surface area contributed by atoms with Gasteiger partial charge in [-0.15, -0.1) is 11.3 Å². The summed E-state index contributed by atoms with van der Waals surface area (Å²) in [6.07, 6.45) is 0. The first kappa shape index (κ1) is 18.2. The highest BCUT2D eigenvalue weighted by Gasteiger charge is 2.11. The first-order chi connectivity index (χ1) is 12.5. The van der Waals surface area contributed by atoms with Crippen LogP contribution in [-0.2, 0) is 11.3 Å². The lowest BCUT2D eigenvalue weighted by atomic mass is 10.2. The Morgan fingerprint density at radius 1 is 1.04 bits per heavy atom. The summed E-state index contributed by atoms with van der Waals surface area (Å²) in [5.41, 5.74) is 0.908. The molecule has 2 N–H and O–H groups in total. The fourth-order valence-electron chi connectivity index (χ4n) is 2.29. The van der Waals surface area contributed by atoms with Crippen molar-refractivity contribution in [1.82, 2.24) is 10.6 Å². The van der Waals surface area contributed by atoms with E-state index in [4.69, 9.17) is 16.0 Å². The van der Waals surface area contributed by atoms with Crippen molar-refractivity contribution in [3.05, 3.63) is 69.1 Å². The molecule has 2 aromatic heterocycles. The Labute approximate surface area is 160 Å². The van der Waals surface area contributed by atoms with Crippen molar-refractivity contribution < 1.29 is 14.0 Å². The van der Waals surface area contributed by atoms with Crippen molar-refractivity contribution >= 4 is 34.8 Å². The fraction of sp³-hybridized carbons (Fsp3) is 0.158. The number of aryl methyl sites for hydroxylation is 1. The Hall–Kier alpha value is -2.57. The molecule has 3 rings (SSSR count). The molecule has 1 aromatic carbocycles. The normalized spacial score (nSPS) is 10.5. The lowest BCUT2D eigenvalue weighted by Crippen LogP contribution is -2.36. The first-order valence-electron chi connectivity index (χ1n) is 7.97. The van der Waals surface area contributed by atoms with Crippen molar-refractivity contribution in [2.75, 3.05) is 6.54 Å². The average molecular weight is 389 g/mol. The summed E-state index contributed by atoms with van der Waals surface area (Å²) in [4.78, 5) is 25.4. The molecule has 5 nitrogen and oxygen atoms in total. The van der Waals surface area contributed by atoms with Gasteiger partial charge in [0.15, 0.2) is 0 Å². The van der Waals surface area contributed by atoms with Crippen LogP contribution >= 0.6 is 22.9 Å². The zero-order chi connectivity index (χ0) is 18.5. The van der Waals surface area contributed by atoms with Crippen LogP contribution in [0.3, 0.4) is 0 Å². The van der Waals surface area contributed by atoms with Gasteiger partial charge in [-0.05, 0) is 55.5 Å². The Morgan fingerprint density at radius 3 is 2.50 bits per heavy atom. The molecule has 0 aliphatic heterocycles. The second-order valence-corrected chi connectivity index (χ2v) is 7.37. The van der Waals surface area contributed by atoms with Crippen molar-refractivity contribution in [1.29, 1.82) is 0 Å². The minimum atomic E-state index is -0.281. The summed E-state index contributed by atoms with van der Waals surface area (Å²) < 4.78 is 5.71. The number of halogens is 1. The number of amides is 2. The monoisotopic (exact) mass is 388 g/mol. The van der Waals surface area contributed by atoms with Gasteiger partial charge in [0.25, 0.3) is 5.91 Å². The van der Waals surface area contributed by atoms with Crippen LogP contribution in [0.5, 0.6) is 0 Å². The van der Waals surface area contributed by atoms with E-state index in [0.717, 1.165) is 10.4 Å². The molecule has 0 unspecified atom stereocenters. The molecule has 134 valence electrons. The number of thiophene rings is 1. The van der Waals surface area contributed by atoms with Gasteiger partial charge in [-0.1, -0.05) is 11.6 Å². The number of furan rings is 1. The molecule has 0 bridgehead atoms. The van der Waals surface area contributed by atoms with E-state index in [1.807, 2.05) is 31.2 Å². The van der Waals surface area contributed by atoms with Crippen LogP contribution in [0, 0.1) is 6.92 Å². The zero-order valence-corrected chi connectivity index (χ0v) is 15.6. The Morgan fingerprint density at radius 2 is 1.81 bits per heavy atom. The highest BCUT2D eigenvalue weighted by Crippen LogP contribution is 2.23.